The maximum Gasteiger partial charge on any atom is 0.235 e. The van der Waals surface area contributed by atoms with Crippen LogP contribution in [0.1, 0.15) is 26.7 Å². The van der Waals surface area contributed by atoms with Crippen molar-refractivity contribution in [2.45, 2.75) is 31.9 Å². The molecule has 1 saturated heterocycles. The van der Waals surface area contributed by atoms with Crippen LogP contribution in [0.2, 0.25) is 0 Å². The molecule has 1 N–H and O–H groups in total. The van der Waals surface area contributed by atoms with E-state index in [1.54, 1.807) is 6.92 Å². The van der Waals surface area contributed by atoms with Crippen molar-refractivity contribution >= 4 is 24.4 Å². The fourth-order valence-corrected chi connectivity index (χ4v) is 2.07. The van der Waals surface area contributed by atoms with E-state index in [4.69, 9.17) is 0 Å². The Bertz CT molecular complexity index is 261. The molecule has 0 radical (unpaired) electrons. The van der Waals surface area contributed by atoms with E-state index < -0.39 is 0 Å². The van der Waals surface area contributed by atoms with Gasteiger partial charge in [0, 0.05) is 26.6 Å². The third kappa shape index (κ3) is 4.04. The van der Waals surface area contributed by atoms with Gasteiger partial charge in [-0.05, 0) is 25.7 Å². The van der Waals surface area contributed by atoms with Gasteiger partial charge < -0.3 is 10.2 Å². The number of piperidine rings is 1. The van der Waals surface area contributed by atoms with Gasteiger partial charge in [-0.25, -0.2) is 0 Å². The minimum atomic E-state index is -0.216. The molecule has 0 aliphatic carbocycles. The molecule has 1 aliphatic heterocycles. The summed E-state index contributed by atoms with van der Waals surface area (Å²) >= 11 is 4.15. The Labute approximate surface area is 102 Å². The molecule has 1 unspecified atom stereocenters. The molecule has 0 aromatic carbocycles. The number of nitrogens with zero attached hydrogens (tertiary/aromatic N) is 1. The lowest BCUT2D eigenvalue weighted by atomic mass is 9.96. The first-order valence-corrected chi connectivity index (χ1v) is 6.23. The van der Waals surface area contributed by atoms with Crippen LogP contribution in [-0.2, 0) is 9.59 Å². The molecule has 0 aromatic heterocycles. The molecule has 1 fully saturated rings. The lowest BCUT2D eigenvalue weighted by Crippen LogP contribution is -2.43. The van der Waals surface area contributed by atoms with Gasteiger partial charge in [0.25, 0.3) is 0 Å². The van der Waals surface area contributed by atoms with Gasteiger partial charge in [0.05, 0.1) is 5.25 Å². The van der Waals surface area contributed by atoms with Crippen molar-refractivity contribution in [2.75, 3.05) is 19.6 Å². The summed E-state index contributed by atoms with van der Waals surface area (Å²) in [4.78, 5) is 24.3. The zero-order valence-electron chi connectivity index (χ0n) is 9.90. The van der Waals surface area contributed by atoms with Crippen molar-refractivity contribution in [3.63, 3.8) is 0 Å². The second-order valence-corrected chi connectivity index (χ2v) is 5.16. The minimum absolute atomic E-state index is 0.0162. The van der Waals surface area contributed by atoms with Crippen LogP contribution in [0.3, 0.4) is 0 Å². The van der Waals surface area contributed by atoms with Gasteiger partial charge in [0.15, 0.2) is 0 Å². The van der Waals surface area contributed by atoms with E-state index in [0.717, 1.165) is 32.5 Å². The van der Waals surface area contributed by atoms with Gasteiger partial charge in [0.2, 0.25) is 11.8 Å². The van der Waals surface area contributed by atoms with Crippen molar-refractivity contribution < 1.29 is 9.59 Å². The molecule has 0 spiro atoms. The Morgan fingerprint density at radius 1 is 1.44 bits per heavy atom. The molecular formula is C11H20N2O2S. The molecule has 1 rings (SSSR count). The van der Waals surface area contributed by atoms with Crippen molar-refractivity contribution in [3.05, 3.63) is 0 Å². The smallest absolute Gasteiger partial charge is 0.235 e. The Morgan fingerprint density at radius 2 is 2.00 bits per heavy atom. The number of carbonyl (C=O) groups excluding carboxylic acids is 2. The number of hydrogen-bond donors (Lipinski definition) is 2. The average Bonchev–Trinajstić information content (AvgIpc) is 2.26. The van der Waals surface area contributed by atoms with Crippen LogP contribution >= 0.6 is 12.6 Å². The molecular weight excluding hydrogens is 224 g/mol. The van der Waals surface area contributed by atoms with E-state index in [0.29, 0.717) is 5.92 Å². The van der Waals surface area contributed by atoms with Crippen molar-refractivity contribution in [2.24, 2.45) is 5.92 Å². The summed E-state index contributed by atoms with van der Waals surface area (Å²) in [6.45, 7) is 5.63. The summed E-state index contributed by atoms with van der Waals surface area (Å²) < 4.78 is 0. The zero-order valence-corrected chi connectivity index (χ0v) is 10.8. The topological polar surface area (TPSA) is 49.4 Å². The first kappa shape index (κ1) is 13.4. The molecule has 1 atom stereocenters. The number of rotatable bonds is 3. The number of thiol groups is 1. The van der Waals surface area contributed by atoms with Crippen LogP contribution < -0.4 is 5.32 Å². The van der Waals surface area contributed by atoms with Crippen LogP contribution in [0.4, 0.5) is 0 Å². The number of nitrogens with one attached hydrogen (secondary N) is 1. The monoisotopic (exact) mass is 244 g/mol. The van der Waals surface area contributed by atoms with Crippen LogP contribution in [0, 0.1) is 5.92 Å². The van der Waals surface area contributed by atoms with E-state index in [-0.39, 0.29) is 17.1 Å². The fraction of sp³-hybridized carbons (Fsp3) is 0.818. The average molecular weight is 244 g/mol. The Balaban J connectivity index is 2.28. The molecule has 0 aromatic rings. The summed E-state index contributed by atoms with van der Waals surface area (Å²) in [6, 6.07) is 0. The quantitative estimate of drug-likeness (QED) is 0.717. The highest BCUT2D eigenvalue weighted by molar-refractivity contribution is 7.81. The fourth-order valence-electron chi connectivity index (χ4n) is 1.91. The van der Waals surface area contributed by atoms with Crippen LogP contribution in [0.5, 0.6) is 0 Å². The van der Waals surface area contributed by atoms with E-state index >= 15 is 0 Å². The molecule has 16 heavy (non-hydrogen) atoms. The number of carbonyl (C=O) groups is 2. The highest BCUT2D eigenvalue weighted by Crippen LogP contribution is 2.17. The van der Waals surface area contributed by atoms with E-state index in [9.17, 15) is 9.59 Å². The maximum absolute atomic E-state index is 11.7. The summed E-state index contributed by atoms with van der Waals surface area (Å²) in [5, 5.41) is 2.61. The highest BCUT2D eigenvalue weighted by Gasteiger charge is 2.24. The second-order valence-electron chi connectivity index (χ2n) is 4.38. The number of likely N-dealkylation sites (tertiary alicyclic amines) is 1. The Kier molecular flexibility index (Phi) is 5.12. The van der Waals surface area contributed by atoms with Crippen LogP contribution in [-0.4, -0.2) is 41.6 Å². The molecule has 4 nitrogen and oxygen atoms in total. The largest absolute Gasteiger partial charge is 0.356 e. The summed E-state index contributed by atoms with van der Waals surface area (Å²) in [6.07, 6.45) is 1.93. The van der Waals surface area contributed by atoms with Crippen LogP contribution in [0.15, 0.2) is 0 Å². The molecule has 1 aliphatic rings. The highest BCUT2D eigenvalue weighted by atomic mass is 32.1. The molecule has 2 amide bonds. The van der Waals surface area contributed by atoms with E-state index in [1.165, 1.54) is 6.92 Å². The van der Waals surface area contributed by atoms with E-state index in [2.05, 4.69) is 17.9 Å². The van der Waals surface area contributed by atoms with Crippen molar-refractivity contribution in [3.8, 4) is 0 Å². The third-order valence-corrected chi connectivity index (χ3v) is 3.14. The first-order valence-electron chi connectivity index (χ1n) is 5.72. The van der Waals surface area contributed by atoms with Gasteiger partial charge >= 0.3 is 0 Å². The summed E-state index contributed by atoms with van der Waals surface area (Å²) in [5.41, 5.74) is 0. The lowest BCUT2D eigenvalue weighted by Gasteiger charge is -2.32. The van der Waals surface area contributed by atoms with Crippen molar-refractivity contribution in [1.82, 2.24) is 10.2 Å². The van der Waals surface area contributed by atoms with Gasteiger partial charge in [-0.15, -0.1) is 0 Å². The predicted molar refractivity (Wildman–Crippen MR) is 66.4 cm³/mol. The second kappa shape index (κ2) is 6.13. The van der Waals surface area contributed by atoms with Gasteiger partial charge in [-0.1, -0.05) is 0 Å². The minimum Gasteiger partial charge on any atom is -0.356 e. The van der Waals surface area contributed by atoms with Crippen molar-refractivity contribution in [1.29, 1.82) is 0 Å². The summed E-state index contributed by atoms with van der Waals surface area (Å²) in [7, 11) is 0. The molecule has 0 bridgehead atoms. The Morgan fingerprint density at radius 3 is 2.44 bits per heavy atom. The predicted octanol–water partition coefficient (Wildman–Crippen LogP) is 0.679. The molecule has 5 heteroatoms. The lowest BCUT2D eigenvalue weighted by molar-refractivity contribution is -0.131. The zero-order chi connectivity index (χ0) is 12.1. The van der Waals surface area contributed by atoms with Gasteiger partial charge in [0.1, 0.15) is 0 Å². The first-order chi connectivity index (χ1) is 7.50. The van der Waals surface area contributed by atoms with E-state index in [1.807, 2.05) is 4.90 Å². The molecule has 92 valence electrons. The summed E-state index contributed by atoms with van der Waals surface area (Å²) in [5.74, 6) is 0.631. The van der Waals surface area contributed by atoms with Gasteiger partial charge in [-0.2, -0.15) is 12.6 Å². The SMILES string of the molecule is CC(=O)NCC1CCN(C(=O)C(C)S)CC1. The number of hydrogen-bond acceptors (Lipinski definition) is 3. The third-order valence-electron chi connectivity index (χ3n) is 2.92. The van der Waals surface area contributed by atoms with Gasteiger partial charge in [-0.3, -0.25) is 9.59 Å². The normalized spacial score (nSPS) is 19.3. The van der Waals surface area contributed by atoms with Crippen LogP contribution in [0.25, 0.3) is 0 Å². The number of amides is 2. The standard InChI is InChI=1S/C11H20N2O2S/c1-8(16)11(15)13-5-3-10(4-6-13)7-12-9(2)14/h8,10,16H,3-7H2,1-2H3,(H,12,14). The molecule has 1 heterocycles. The molecule has 0 saturated carbocycles. The Hall–Kier alpha value is -0.710. The maximum atomic E-state index is 11.7.